The van der Waals surface area contributed by atoms with Gasteiger partial charge in [-0.15, -0.1) is 0 Å². The van der Waals surface area contributed by atoms with Crippen molar-refractivity contribution in [2.45, 2.75) is 6.18 Å². The Morgan fingerprint density at radius 2 is 1.76 bits per heavy atom. The fourth-order valence-electron chi connectivity index (χ4n) is 2.50. The van der Waals surface area contributed by atoms with Crippen molar-refractivity contribution in [1.82, 2.24) is 0 Å². The van der Waals surface area contributed by atoms with Crippen LogP contribution < -0.4 is 4.90 Å². The lowest BCUT2D eigenvalue weighted by Crippen LogP contribution is -2.30. The molecule has 0 bridgehead atoms. The molecular weight excluding hydrogens is 365 g/mol. The SMILES string of the molecule is O=C1c2cccc([N+](=O)[O-])c2C(=O)N1c1cc(C(F)(F)F)ccc1Cl. The maximum Gasteiger partial charge on any atom is 0.416 e. The summed E-state index contributed by atoms with van der Waals surface area (Å²) in [6.45, 7) is 0. The van der Waals surface area contributed by atoms with E-state index < -0.39 is 45.4 Å². The zero-order valence-corrected chi connectivity index (χ0v) is 12.8. The number of alkyl halides is 3. The van der Waals surface area contributed by atoms with E-state index in [-0.39, 0.29) is 10.6 Å². The van der Waals surface area contributed by atoms with Gasteiger partial charge in [-0.25, -0.2) is 4.90 Å². The number of carbonyl (C=O) groups excluding carboxylic acids is 2. The topological polar surface area (TPSA) is 80.5 Å². The van der Waals surface area contributed by atoms with E-state index in [2.05, 4.69) is 0 Å². The van der Waals surface area contributed by atoms with Crippen LogP contribution in [0.25, 0.3) is 0 Å². The average Bonchev–Trinajstić information content (AvgIpc) is 2.78. The molecule has 0 atom stereocenters. The van der Waals surface area contributed by atoms with Gasteiger partial charge in [-0.05, 0) is 24.3 Å². The second-order valence-electron chi connectivity index (χ2n) is 5.07. The Hall–Kier alpha value is -2.94. The van der Waals surface area contributed by atoms with Gasteiger partial charge in [-0.3, -0.25) is 19.7 Å². The quantitative estimate of drug-likeness (QED) is 0.453. The van der Waals surface area contributed by atoms with Gasteiger partial charge >= 0.3 is 6.18 Å². The van der Waals surface area contributed by atoms with Crippen molar-refractivity contribution in [3.63, 3.8) is 0 Å². The van der Waals surface area contributed by atoms with Crippen molar-refractivity contribution < 1.29 is 27.7 Å². The lowest BCUT2D eigenvalue weighted by Gasteiger charge is -2.17. The van der Waals surface area contributed by atoms with Gasteiger partial charge in [0.2, 0.25) is 0 Å². The van der Waals surface area contributed by atoms with Gasteiger partial charge in [0.05, 0.1) is 26.8 Å². The molecule has 2 amide bonds. The van der Waals surface area contributed by atoms with Gasteiger partial charge in [-0.2, -0.15) is 13.2 Å². The Morgan fingerprint density at radius 1 is 1.08 bits per heavy atom. The Labute approximate surface area is 142 Å². The van der Waals surface area contributed by atoms with E-state index >= 15 is 0 Å². The molecule has 2 aromatic carbocycles. The molecule has 128 valence electrons. The molecule has 25 heavy (non-hydrogen) atoms. The van der Waals surface area contributed by atoms with Crippen molar-refractivity contribution in [2.24, 2.45) is 0 Å². The van der Waals surface area contributed by atoms with Gasteiger partial charge in [0.25, 0.3) is 17.5 Å². The van der Waals surface area contributed by atoms with Crippen LogP contribution in [0.5, 0.6) is 0 Å². The van der Waals surface area contributed by atoms with Crippen LogP contribution in [0.4, 0.5) is 24.5 Å². The highest BCUT2D eigenvalue weighted by atomic mass is 35.5. The fourth-order valence-corrected chi connectivity index (χ4v) is 2.70. The fraction of sp³-hybridized carbons (Fsp3) is 0.0667. The summed E-state index contributed by atoms with van der Waals surface area (Å²) in [6, 6.07) is 5.57. The summed E-state index contributed by atoms with van der Waals surface area (Å²) in [7, 11) is 0. The normalized spacial score (nSPS) is 14.0. The molecule has 0 radical (unpaired) electrons. The molecule has 10 heteroatoms. The first-order valence-electron chi connectivity index (χ1n) is 6.66. The van der Waals surface area contributed by atoms with Crippen molar-refractivity contribution in [2.75, 3.05) is 4.90 Å². The minimum absolute atomic E-state index is 0.271. The van der Waals surface area contributed by atoms with Crippen LogP contribution in [0.3, 0.4) is 0 Å². The van der Waals surface area contributed by atoms with E-state index in [9.17, 15) is 32.9 Å². The largest absolute Gasteiger partial charge is 0.416 e. The maximum atomic E-state index is 12.9. The van der Waals surface area contributed by atoms with Crippen LogP contribution in [0.2, 0.25) is 5.02 Å². The number of nitro benzene ring substituents is 1. The van der Waals surface area contributed by atoms with E-state index in [0.717, 1.165) is 12.1 Å². The number of nitro groups is 1. The number of fused-ring (bicyclic) bond motifs is 1. The number of nitrogens with zero attached hydrogens (tertiary/aromatic N) is 2. The molecular formula is C15H6ClF3N2O4. The molecule has 1 aliphatic heterocycles. The molecule has 2 aromatic rings. The number of imide groups is 1. The Morgan fingerprint density at radius 3 is 2.36 bits per heavy atom. The number of amides is 2. The predicted octanol–water partition coefficient (Wildman–Crippen LogP) is 4.07. The molecule has 0 spiro atoms. The summed E-state index contributed by atoms with van der Waals surface area (Å²) >= 11 is 5.85. The molecule has 0 N–H and O–H groups in total. The zero-order valence-electron chi connectivity index (χ0n) is 12.0. The number of halogens is 4. The predicted molar refractivity (Wildman–Crippen MR) is 80.7 cm³/mol. The second kappa shape index (κ2) is 5.55. The van der Waals surface area contributed by atoms with E-state index in [1.165, 1.54) is 12.1 Å². The standard InChI is InChI=1S/C15H6ClF3N2O4/c16-9-5-4-7(15(17,18)19)6-11(9)20-13(22)8-2-1-3-10(21(24)25)12(8)14(20)23/h1-6H. The van der Waals surface area contributed by atoms with Gasteiger partial charge < -0.3 is 0 Å². The van der Waals surface area contributed by atoms with Crippen molar-refractivity contribution in [3.05, 3.63) is 68.2 Å². The van der Waals surface area contributed by atoms with E-state index in [4.69, 9.17) is 11.6 Å². The number of benzene rings is 2. The van der Waals surface area contributed by atoms with Gasteiger partial charge in [0, 0.05) is 6.07 Å². The average molecular weight is 371 g/mol. The Kier molecular flexibility index (Phi) is 3.76. The lowest BCUT2D eigenvalue weighted by molar-refractivity contribution is -0.385. The van der Waals surface area contributed by atoms with E-state index in [1.807, 2.05) is 0 Å². The Bertz CT molecular complexity index is 943. The summed E-state index contributed by atoms with van der Waals surface area (Å²) in [5.41, 5.74) is -2.96. The van der Waals surface area contributed by atoms with Gasteiger partial charge in [-0.1, -0.05) is 17.7 Å². The molecule has 0 unspecified atom stereocenters. The first-order chi connectivity index (χ1) is 11.6. The smallest absolute Gasteiger partial charge is 0.268 e. The lowest BCUT2D eigenvalue weighted by atomic mass is 10.1. The van der Waals surface area contributed by atoms with Crippen LogP contribution in [-0.4, -0.2) is 16.7 Å². The third-order valence-electron chi connectivity index (χ3n) is 3.60. The monoisotopic (exact) mass is 370 g/mol. The molecule has 1 heterocycles. The van der Waals surface area contributed by atoms with Crippen LogP contribution in [0.1, 0.15) is 26.3 Å². The zero-order chi connectivity index (χ0) is 18.5. The summed E-state index contributed by atoms with van der Waals surface area (Å²) in [5.74, 6) is -2.08. The second-order valence-corrected chi connectivity index (χ2v) is 5.47. The van der Waals surface area contributed by atoms with Crippen LogP contribution in [-0.2, 0) is 6.18 Å². The summed E-state index contributed by atoms with van der Waals surface area (Å²) < 4.78 is 38.7. The highest BCUT2D eigenvalue weighted by molar-refractivity contribution is 6.40. The number of hydrogen-bond donors (Lipinski definition) is 0. The summed E-state index contributed by atoms with van der Waals surface area (Å²) in [6.07, 6.45) is -4.72. The van der Waals surface area contributed by atoms with Crippen molar-refractivity contribution in [1.29, 1.82) is 0 Å². The first-order valence-corrected chi connectivity index (χ1v) is 7.03. The van der Waals surface area contributed by atoms with Crippen molar-refractivity contribution >= 4 is 34.8 Å². The Balaban J connectivity index is 2.18. The minimum atomic E-state index is -4.72. The van der Waals surface area contributed by atoms with Crippen molar-refractivity contribution in [3.8, 4) is 0 Å². The van der Waals surface area contributed by atoms with Crippen LogP contribution >= 0.6 is 11.6 Å². The van der Waals surface area contributed by atoms with E-state index in [0.29, 0.717) is 17.0 Å². The summed E-state index contributed by atoms with van der Waals surface area (Å²) in [4.78, 5) is 35.6. The molecule has 0 saturated carbocycles. The minimum Gasteiger partial charge on any atom is -0.268 e. The number of hydrogen-bond acceptors (Lipinski definition) is 4. The molecule has 0 fully saturated rings. The van der Waals surface area contributed by atoms with Crippen LogP contribution in [0.15, 0.2) is 36.4 Å². The molecule has 1 aliphatic rings. The number of rotatable bonds is 2. The molecule has 0 saturated heterocycles. The van der Waals surface area contributed by atoms with Gasteiger partial charge in [0.15, 0.2) is 0 Å². The third kappa shape index (κ3) is 2.62. The van der Waals surface area contributed by atoms with Crippen LogP contribution in [0, 0.1) is 10.1 Å². The van der Waals surface area contributed by atoms with E-state index in [1.54, 1.807) is 0 Å². The number of anilines is 1. The first kappa shape index (κ1) is 16.9. The highest BCUT2D eigenvalue weighted by Crippen LogP contribution is 2.40. The molecule has 0 aromatic heterocycles. The molecule has 6 nitrogen and oxygen atoms in total. The summed E-state index contributed by atoms with van der Waals surface area (Å²) in [5, 5.41) is 10.8. The highest BCUT2D eigenvalue weighted by Gasteiger charge is 2.43. The molecule has 3 rings (SSSR count). The maximum absolute atomic E-state index is 12.9. The number of carbonyl (C=O) groups is 2. The van der Waals surface area contributed by atoms with Gasteiger partial charge in [0.1, 0.15) is 5.56 Å². The molecule has 0 aliphatic carbocycles. The third-order valence-corrected chi connectivity index (χ3v) is 3.92.